The summed E-state index contributed by atoms with van der Waals surface area (Å²) in [6.07, 6.45) is 4.15. The van der Waals surface area contributed by atoms with Crippen LogP contribution in [-0.2, 0) is 6.61 Å². The fraction of sp³-hybridized carbons (Fsp3) is 0.111. The Kier molecular flexibility index (Phi) is 6.14. The van der Waals surface area contributed by atoms with Crippen LogP contribution < -0.4 is 10.6 Å². The van der Waals surface area contributed by atoms with E-state index in [4.69, 9.17) is 10.6 Å². The van der Waals surface area contributed by atoms with Crippen molar-refractivity contribution in [1.82, 2.24) is 14.9 Å². The number of thioether (sulfide) groups is 1. The molecule has 3 rings (SSSR count). The summed E-state index contributed by atoms with van der Waals surface area (Å²) in [6.45, 7) is 0.264. The van der Waals surface area contributed by atoms with Gasteiger partial charge in [0.1, 0.15) is 12.4 Å². The maximum absolute atomic E-state index is 6.05. The van der Waals surface area contributed by atoms with Crippen LogP contribution in [0.5, 0.6) is 5.75 Å². The molecule has 0 radical (unpaired) electrons. The molecule has 2 N–H and O–H groups in total. The van der Waals surface area contributed by atoms with E-state index in [2.05, 4.69) is 50.4 Å². The lowest BCUT2D eigenvalue weighted by molar-refractivity contribution is 0.291. The van der Waals surface area contributed by atoms with Gasteiger partial charge < -0.3 is 10.6 Å². The van der Waals surface area contributed by atoms with Gasteiger partial charge in [-0.3, -0.25) is 0 Å². The zero-order valence-corrected chi connectivity index (χ0v) is 15.8. The molecular weight excluding hydrogens is 400 g/mol. The number of nitrogens with zero attached hydrogens (tertiary/aromatic N) is 3. The summed E-state index contributed by atoms with van der Waals surface area (Å²) >= 11 is 4.94. The van der Waals surface area contributed by atoms with Crippen molar-refractivity contribution in [3.8, 4) is 5.75 Å². The SMILES string of the molecule is Nn1c(COc2cccc(Br)c2)nnc1SC/C=C/c1ccccc1. The van der Waals surface area contributed by atoms with Crippen molar-refractivity contribution in [2.75, 3.05) is 11.6 Å². The van der Waals surface area contributed by atoms with E-state index in [-0.39, 0.29) is 6.61 Å². The van der Waals surface area contributed by atoms with Gasteiger partial charge >= 0.3 is 0 Å². The Morgan fingerprint density at radius 3 is 2.76 bits per heavy atom. The first-order chi connectivity index (χ1) is 12.2. The Hall–Kier alpha value is -2.25. The number of benzene rings is 2. The van der Waals surface area contributed by atoms with Crippen LogP contribution in [0.15, 0.2) is 70.3 Å². The van der Waals surface area contributed by atoms with Crippen molar-refractivity contribution in [1.29, 1.82) is 0 Å². The number of aromatic nitrogens is 3. The minimum absolute atomic E-state index is 0.264. The van der Waals surface area contributed by atoms with Crippen molar-refractivity contribution >= 4 is 33.8 Å². The van der Waals surface area contributed by atoms with Crippen LogP contribution in [0.4, 0.5) is 0 Å². The predicted molar refractivity (Wildman–Crippen MR) is 105 cm³/mol. The van der Waals surface area contributed by atoms with Crippen molar-refractivity contribution in [3.63, 3.8) is 0 Å². The number of ether oxygens (including phenoxy) is 1. The first-order valence-corrected chi connectivity index (χ1v) is 9.42. The Bertz CT molecular complexity index is 851. The molecule has 2 aromatic carbocycles. The average Bonchev–Trinajstić information content (AvgIpc) is 2.98. The van der Waals surface area contributed by atoms with Gasteiger partial charge in [0, 0.05) is 10.2 Å². The minimum atomic E-state index is 0.264. The number of hydrogen-bond acceptors (Lipinski definition) is 5. The summed E-state index contributed by atoms with van der Waals surface area (Å²) in [5, 5.41) is 8.87. The molecule has 1 heterocycles. The molecule has 128 valence electrons. The number of nitrogen functional groups attached to an aromatic ring is 1. The lowest BCUT2D eigenvalue weighted by atomic mass is 10.2. The molecule has 0 aliphatic rings. The fourth-order valence-electron chi connectivity index (χ4n) is 2.08. The van der Waals surface area contributed by atoms with E-state index in [9.17, 15) is 0 Å². The summed E-state index contributed by atoms with van der Waals surface area (Å²) in [7, 11) is 0. The van der Waals surface area contributed by atoms with Crippen LogP contribution in [0, 0.1) is 0 Å². The quantitative estimate of drug-likeness (QED) is 0.463. The molecule has 0 fully saturated rings. The second-order valence-electron chi connectivity index (χ2n) is 5.14. The Morgan fingerprint density at radius 2 is 1.96 bits per heavy atom. The van der Waals surface area contributed by atoms with E-state index in [1.54, 1.807) is 0 Å². The van der Waals surface area contributed by atoms with Gasteiger partial charge in [0.25, 0.3) is 0 Å². The topological polar surface area (TPSA) is 66.0 Å². The van der Waals surface area contributed by atoms with Crippen LogP contribution >= 0.6 is 27.7 Å². The summed E-state index contributed by atoms with van der Waals surface area (Å²) in [5.74, 6) is 8.13. The molecule has 0 saturated heterocycles. The summed E-state index contributed by atoms with van der Waals surface area (Å²) in [6, 6.07) is 17.8. The summed E-state index contributed by atoms with van der Waals surface area (Å²) in [5.41, 5.74) is 1.17. The molecule has 1 aromatic heterocycles. The summed E-state index contributed by atoms with van der Waals surface area (Å²) in [4.78, 5) is 0. The minimum Gasteiger partial charge on any atom is -0.485 e. The second-order valence-corrected chi connectivity index (χ2v) is 7.04. The third-order valence-electron chi connectivity index (χ3n) is 3.32. The molecule has 0 amide bonds. The predicted octanol–water partition coefficient (Wildman–Crippen LogP) is 4.14. The van der Waals surface area contributed by atoms with Crippen molar-refractivity contribution < 1.29 is 4.74 Å². The molecular formula is C18H17BrN4OS. The molecule has 0 aliphatic carbocycles. The third kappa shape index (κ3) is 5.11. The zero-order chi connectivity index (χ0) is 17.5. The van der Waals surface area contributed by atoms with Gasteiger partial charge in [-0.15, -0.1) is 10.2 Å². The highest BCUT2D eigenvalue weighted by Gasteiger charge is 2.10. The Morgan fingerprint density at radius 1 is 1.12 bits per heavy atom. The van der Waals surface area contributed by atoms with E-state index in [1.807, 2.05) is 42.5 Å². The first-order valence-electron chi connectivity index (χ1n) is 7.64. The molecule has 7 heteroatoms. The molecule has 0 saturated carbocycles. The van der Waals surface area contributed by atoms with E-state index >= 15 is 0 Å². The normalized spacial score (nSPS) is 11.1. The van der Waals surface area contributed by atoms with E-state index in [0.717, 1.165) is 16.0 Å². The molecule has 0 unspecified atom stereocenters. The highest BCUT2D eigenvalue weighted by atomic mass is 79.9. The van der Waals surface area contributed by atoms with Crippen molar-refractivity contribution in [2.45, 2.75) is 11.8 Å². The van der Waals surface area contributed by atoms with Gasteiger partial charge in [-0.1, -0.05) is 76.2 Å². The summed E-state index contributed by atoms with van der Waals surface area (Å²) < 4.78 is 8.12. The maximum atomic E-state index is 6.05. The Balaban J connectivity index is 1.53. The van der Waals surface area contributed by atoms with Crippen LogP contribution in [0.1, 0.15) is 11.4 Å². The lowest BCUT2D eigenvalue weighted by Gasteiger charge is -2.06. The molecule has 25 heavy (non-hydrogen) atoms. The molecule has 0 bridgehead atoms. The molecule has 0 aliphatic heterocycles. The lowest BCUT2D eigenvalue weighted by Crippen LogP contribution is -2.15. The zero-order valence-electron chi connectivity index (χ0n) is 13.4. The third-order valence-corrected chi connectivity index (χ3v) is 4.71. The maximum Gasteiger partial charge on any atom is 0.210 e. The standard InChI is InChI=1S/C18H17BrN4OS/c19-15-9-4-10-16(12-15)24-13-17-21-22-18(23(17)20)25-11-5-8-14-6-2-1-3-7-14/h1-10,12H,11,13,20H2/b8-5+. The number of halogens is 1. The van der Waals surface area contributed by atoms with Gasteiger partial charge in [-0.25, -0.2) is 4.68 Å². The molecule has 5 nitrogen and oxygen atoms in total. The number of rotatable bonds is 7. The monoisotopic (exact) mass is 416 g/mol. The van der Waals surface area contributed by atoms with Gasteiger partial charge in [0.05, 0.1) is 0 Å². The van der Waals surface area contributed by atoms with E-state index in [1.165, 1.54) is 22.0 Å². The van der Waals surface area contributed by atoms with Gasteiger partial charge in [0.15, 0.2) is 5.82 Å². The number of hydrogen-bond donors (Lipinski definition) is 1. The van der Waals surface area contributed by atoms with Crippen LogP contribution in [-0.4, -0.2) is 20.6 Å². The van der Waals surface area contributed by atoms with Crippen LogP contribution in [0.2, 0.25) is 0 Å². The average molecular weight is 417 g/mol. The van der Waals surface area contributed by atoms with E-state index < -0.39 is 0 Å². The molecule has 0 spiro atoms. The second kappa shape index (κ2) is 8.73. The van der Waals surface area contributed by atoms with Gasteiger partial charge in [-0.2, -0.15) is 0 Å². The molecule has 3 aromatic rings. The molecule has 0 atom stereocenters. The van der Waals surface area contributed by atoms with Crippen molar-refractivity contribution in [2.24, 2.45) is 0 Å². The smallest absolute Gasteiger partial charge is 0.210 e. The fourth-order valence-corrected chi connectivity index (χ4v) is 3.14. The largest absolute Gasteiger partial charge is 0.485 e. The van der Waals surface area contributed by atoms with Crippen LogP contribution in [0.3, 0.4) is 0 Å². The van der Waals surface area contributed by atoms with Gasteiger partial charge in [0.2, 0.25) is 5.16 Å². The number of nitrogens with two attached hydrogens (primary N) is 1. The highest BCUT2D eigenvalue weighted by Crippen LogP contribution is 2.20. The Labute approximate surface area is 159 Å². The van der Waals surface area contributed by atoms with Gasteiger partial charge in [-0.05, 0) is 23.8 Å². The first kappa shape index (κ1) is 17.6. The van der Waals surface area contributed by atoms with Crippen LogP contribution in [0.25, 0.3) is 6.08 Å². The van der Waals surface area contributed by atoms with Crippen molar-refractivity contribution in [3.05, 3.63) is 76.5 Å². The highest BCUT2D eigenvalue weighted by molar-refractivity contribution is 9.10. The van der Waals surface area contributed by atoms with E-state index in [0.29, 0.717) is 11.0 Å².